The van der Waals surface area contributed by atoms with Gasteiger partial charge in [0.15, 0.2) is 0 Å². The number of hydrogen-bond donors (Lipinski definition) is 2. The molecule has 4 N–H and O–H groups in total. The molecule has 0 unspecified atom stereocenters. The van der Waals surface area contributed by atoms with E-state index in [2.05, 4.69) is 0 Å². The molecular weight excluding hydrogens is 204 g/mol. The summed E-state index contributed by atoms with van der Waals surface area (Å²) < 4.78 is 5.24. The lowest BCUT2D eigenvalue weighted by Crippen LogP contribution is -2.24. The lowest BCUT2D eigenvalue weighted by molar-refractivity contribution is 0.00707. The maximum atomic E-state index is 11.8. The van der Waals surface area contributed by atoms with Crippen LogP contribution in [0.1, 0.15) is 36.7 Å². The van der Waals surface area contributed by atoms with E-state index in [4.69, 9.17) is 16.2 Å². The van der Waals surface area contributed by atoms with E-state index in [1.807, 2.05) is 6.92 Å². The van der Waals surface area contributed by atoms with E-state index < -0.39 is 11.6 Å². The van der Waals surface area contributed by atoms with Crippen LogP contribution in [0.3, 0.4) is 0 Å². The molecule has 0 fully saturated rings. The van der Waals surface area contributed by atoms with Crippen molar-refractivity contribution in [3.8, 4) is 0 Å². The van der Waals surface area contributed by atoms with Crippen molar-refractivity contribution in [2.24, 2.45) is 0 Å². The van der Waals surface area contributed by atoms with Gasteiger partial charge >= 0.3 is 5.97 Å². The minimum atomic E-state index is -0.540. The predicted octanol–water partition coefficient (Wildman–Crippen LogP) is 2.11. The van der Waals surface area contributed by atoms with Gasteiger partial charge in [0.05, 0.1) is 16.9 Å². The Balaban J connectivity index is 3.09. The Morgan fingerprint density at radius 3 is 2.31 bits per heavy atom. The Kier molecular flexibility index (Phi) is 3.12. The summed E-state index contributed by atoms with van der Waals surface area (Å²) in [5.41, 5.74) is 12.8. The van der Waals surface area contributed by atoms with Crippen LogP contribution < -0.4 is 11.5 Å². The number of nitrogens with two attached hydrogens (primary N) is 2. The van der Waals surface area contributed by atoms with E-state index in [0.717, 1.165) is 5.56 Å². The first-order valence-electron chi connectivity index (χ1n) is 5.09. The minimum absolute atomic E-state index is 0.278. The van der Waals surface area contributed by atoms with Crippen molar-refractivity contribution >= 4 is 17.3 Å². The van der Waals surface area contributed by atoms with Gasteiger partial charge in [0, 0.05) is 0 Å². The van der Waals surface area contributed by atoms with Gasteiger partial charge < -0.3 is 16.2 Å². The first kappa shape index (κ1) is 12.4. The molecule has 0 spiro atoms. The number of aryl methyl sites for hydroxylation is 1. The summed E-state index contributed by atoms with van der Waals surface area (Å²) in [6, 6.07) is 3.41. The molecule has 1 aromatic rings. The summed E-state index contributed by atoms with van der Waals surface area (Å²) in [5, 5.41) is 0. The third kappa shape index (κ3) is 2.89. The Bertz CT molecular complexity index is 420. The number of nitrogen functional groups attached to an aromatic ring is 2. The Hall–Kier alpha value is -1.71. The summed E-state index contributed by atoms with van der Waals surface area (Å²) >= 11 is 0. The maximum absolute atomic E-state index is 11.8. The Morgan fingerprint density at radius 2 is 1.81 bits per heavy atom. The SMILES string of the molecule is Cc1cc(N)c(N)c(C(=O)OC(C)(C)C)c1. The zero-order chi connectivity index (χ0) is 12.5. The second-order valence-electron chi connectivity index (χ2n) is 4.82. The number of ether oxygens (including phenoxy) is 1. The molecule has 1 rings (SSSR count). The van der Waals surface area contributed by atoms with Gasteiger partial charge in [0.2, 0.25) is 0 Å². The van der Waals surface area contributed by atoms with Crippen LogP contribution in [0.2, 0.25) is 0 Å². The van der Waals surface area contributed by atoms with Crippen molar-refractivity contribution in [3.63, 3.8) is 0 Å². The molecule has 0 radical (unpaired) electrons. The third-order valence-corrected chi connectivity index (χ3v) is 1.98. The number of carbonyl (C=O) groups excluding carboxylic acids is 1. The van der Waals surface area contributed by atoms with Crippen molar-refractivity contribution < 1.29 is 9.53 Å². The van der Waals surface area contributed by atoms with Gasteiger partial charge in [-0.2, -0.15) is 0 Å². The second-order valence-corrected chi connectivity index (χ2v) is 4.82. The van der Waals surface area contributed by atoms with Crippen molar-refractivity contribution in [3.05, 3.63) is 23.3 Å². The van der Waals surface area contributed by atoms with Crippen LogP contribution in [-0.4, -0.2) is 11.6 Å². The third-order valence-electron chi connectivity index (χ3n) is 1.98. The standard InChI is InChI=1S/C12H18N2O2/c1-7-5-8(10(14)9(13)6-7)11(15)16-12(2,3)4/h5-6H,13-14H2,1-4H3. The average molecular weight is 222 g/mol. The Labute approximate surface area is 95.6 Å². The largest absolute Gasteiger partial charge is 0.456 e. The first-order valence-corrected chi connectivity index (χ1v) is 5.09. The van der Waals surface area contributed by atoms with E-state index in [9.17, 15) is 4.79 Å². The summed E-state index contributed by atoms with van der Waals surface area (Å²) in [6.07, 6.45) is 0. The molecule has 0 atom stereocenters. The first-order chi connectivity index (χ1) is 7.20. The molecule has 0 aliphatic heterocycles. The van der Waals surface area contributed by atoms with Crippen LogP contribution in [0.4, 0.5) is 11.4 Å². The monoisotopic (exact) mass is 222 g/mol. The van der Waals surface area contributed by atoms with Gasteiger partial charge in [0.25, 0.3) is 0 Å². The fourth-order valence-corrected chi connectivity index (χ4v) is 1.33. The minimum Gasteiger partial charge on any atom is -0.456 e. The number of benzene rings is 1. The number of esters is 1. The van der Waals surface area contributed by atoms with E-state index in [1.54, 1.807) is 32.9 Å². The molecule has 0 amide bonds. The summed E-state index contributed by atoms with van der Waals surface area (Å²) in [7, 11) is 0. The molecule has 4 heteroatoms. The quantitative estimate of drug-likeness (QED) is 0.563. The zero-order valence-corrected chi connectivity index (χ0v) is 10.1. The normalized spacial score (nSPS) is 11.2. The fourth-order valence-electron chi connectivity index (χ4n) is 1.33. The van der Waals surface area contributed by atoms with E-state index in [0.29, 0.717) is 11.3 Å². The number of anilines is 2. The topological polar surface area (TPSA) is 78.3 Å². The number of hydrogen-bond acceptors (Lipinski definition) is 4. The Morgan fingerprint density at radius 1 is 1.25 bits per heavy atom. The van der Waals surface area contributed by atoms with Crippen LogP contribution in [0, 0.1) is 6.92 Å². The van der Waals surface area contributed by atoms with Crippen molar-refractivity contribution in [2.75, 3.05) is 11.5 Å². The molecular formula is C12H18N2O2. The molecule has 0 aliphatic rings. The van der Waals surface area contributed by atoms with Crippen molar-refractivity contribution in [1.82, 2.24) is 0 Å². The van der Waals surface area contributed by atoms with Crippen LogP contribution in [0.5, 0.6) is 0 Å². The van der Waals surface area contributed by atoms with Gasteiger partial charge in [-0.15, -0.1) is 0 Å². The highest BCUT2D eigenvalue weighted by Crippen LogP contribution is 2.24. The molecule has 0 aliphatic carbocycles. The smallest absolute Gasteiger partial charge is 0.340 e. The van der Waals surface area contributed by atoms with Gasteiger partial charge in [0.1, 0.15) is 5.60 Å². The van der Waals surface area contributed by atoms with Gasteiger partial charge in [-0.3, -0.25) is 0 Å². The van der Waals surface area contributed by atoms with E-state index >= 15 is 0 Å². The summed E-state index contributed by atoms with van der Waals surface area (Å²) in [6.45, 7) is 7.27. The fraction of sp³-hybridized carbons (Fsp3) is 0.417. The van der Waals surface area contributed by atoms with Crippen LogP contribution in [0.25, 0.3) is 0 Å². The van der Waals surface area contributed by atoms with Crippen molar-refractivity contribution in [2.45, 2.75) is 33.3 Å². The molecule has 4 nitrogen and oxygen atoms in total. The van der Waals surface area contributed by atoms with Gasteiger partial charge in [-0.25, -0.2) is 4.79 Å². The summed E-state index contributed by atoms with van der Waals surface area (Å²) in [5.74, 6) is -0.444. The lowest BCUT2D eigenvalue weighted by atomic mass is 10.1. The van der Waals surface area contributed by atoms with Crippen LogP contribution in [-0.2, 0) is 4.74 Å². The predicted molar refractivity (Wildman–Crippen MR) is 65.2 cm³/mol. The number of rotatable bonds is 1. The lowest BCUT2D eigenvalue weighted by Gasteiger charge is -2.20. The average Bonchev–Trinajstić information content (AvgIpc) is 2.08. The number of carbonyl (C=O) groups is 1. The molecule has 0 aromatic heterocycles. The summed E-state index contributed by atoms with van der Waals surface area (Å²) in [4.78, 5) is 11.8. The molecule has 0 heterocycles. The van der Waals surface area contributed by atoms with Crippen LogP contribution >= 0.6 is 0 Å². The molecule has 88 valence electrons. The highest BCUT2D eigenvalue weighted by Gasteiger charge is 2.20. The zero-order valence-electron chi connectivity index (χ0n) is 10.1. The van der Waals surface area contributed by atoms with Crippen LogP contribution in [0.15, 0.2) is 12.1 Å². The molecule has 0 saturated carbocycles. The molecule has 0 bridgehead atoms. The van der Waals surface area contributed by atoms with Crippen molar-refractivity contribution in [1.29, 1.82) is 0 Å². The molecule has 1 aromatic carbocycles. The van der Waals surface area contributed by atoms with Gasteiger partial charge in [-0.05, 0) is 45.4 Å². The second kappa shape index (κ2) is 4.04. The molecule has 0 saturated heterocycles. The molecule has 16 heavy (non-hydrogen) atoms. The highest BCUT2D eigenvalue weighted by atomic mass is 16.6. The highest BCUT2D eigenvalue weighted by molar-refractivity contribution is 5.98. The maximum Gasteiger partial charge on any atom is 0.340 e. The van der Waals surface area contributed by atoms with Gasteiger partial charge in [-0.1, -0.05) is 0 Å². The van der Waals surface area contributed by atoms with E-state index in [1.165, 1.54) is 0 Å². The van der Waals surface area contributed by atoms with E-state index in [-0.39, 0.29) is 5.69 Å².